The minimum Gasteiger partial charge on any atom is -0.484 e. The Balaban J connectivity index is 1.87. The molecule has 1 aromatic carbocycles. The number of amides is 1. The molecular weight excluding hydrogens is 277 g/mol. The normalized spacial score (nSPS) is 10.3. The van der Waals surface area contributed by atoms with Crippen LogP contribution >= 0.6 is 11.3 Å². The Morgan fingerprint density at radius 3 is 2.65 bits per heavy atom. The van der Waals surface area contributed by atoms with E-state index >= 15 is 0 Å². The van der Waals surface area contributed by atoms with Gasteiger partial charge in [-0.15, -0.1) is 11.3 Å². The van der Waals surface area contributed by atoms with E-state index in [1.54, 1.807) is 16.2 Å². The highest BCUT2D eigenvalue weighted by Gasteiger charge is 2.13. The van der Waals surface area contributed by atoms with Gasteiger partial charge < -0.3 is 9.64 Å². The van der Waals surface area contributed by atoms with Gasteiger partial charge in [-0.1, -0.05) is 6.07 Å². The second-order valence-corrected chi connectivity index (χ2v) is 5.26. The van der Waals surface area contributed by atoms with Crippen LogP contribution in [0.25, 0.3) is 0 Å². The zero-order chi connectivity index (χ0) is 14.4. The van der Waals surface area contributed by atoms with Gasteiger partial charge in [0.25, 0.3) is 5.91 Å². The number of carbonyl (C=O) groups excluding carboxylic acids is 1. The van der Waals surface area contributed by atoms with E-state index in [9.17, 15) is 9.18 Å². The fourth-order valence-corrected chi connectivity index (χ4v) is 2.45. The summed E-state index contributed by atoms with van der Waals surface area (Å²) in [5, 5.41) is 1.99. The molecule has 0 radical (unpaired) electrons. The molecular formula is C15H16FNO2S. The Morgan fingerprint density at radius 1 is 1.30 bits per heavy atom. The largest absolute Gasteiger partial charge is 0.484 e. The Kier molecular flexibility index (Phi) is 5.12. The topological polar surface area (TPSA) is 29.5 Å². The van der Waals surface area contributed by atoms with Crippen LogP contribution in [0.4, 0.5) is 4.39 Å². The van der Waals surface area contributed by atoms with Gasteiger partial charge in [0, 0.05) is 11.4 Å². The smallest absolute Gasteiger partial charge is 0.260 e. The molecule has 0 fully saturated rings. The molecule has 0 spiro atoms. The number of ether oxygens (including phenoxy) is 1. The Hall–Kier alpha value is -1.88. The number of rotatable bonds is 6. The summed E-state index contributed by atoms with van der Waals surface area (Å²) in [7, 11) is 0. The van der Waals surface area contributed by atoms with Crippen molar-refractivity contribution in [2.24, 2.45) is 0 Å². The molecule has 0 unspecified atom stereocenters. The van der Waals surface area contributed by atoms with E-state index in [0.717, 1.165) is 4.88 Å². The van der Waals surface area contributed by atoms with E-state index in [1.807, 2.05) is 24.4 Å². The first kappa shape index (κ1) is 14.5. The molecule has 0 saturated carbocycles. The first-order valence-electron chi connectivity index (χ1n) is 6.37. The quantitative estimate of drug-likeness (QED) is 0.817. The first-order chi connectivity index (χ1) is 9.69. The maximum atomic E-state index is 12.8. The molecule has 1 aromatic heterocycles. The third-order valence-electron chi connectivity index (χ3n) is 2.84. The molecule has 3 nitrogen and oxygen atoms in total. The van der Waals surface area contributed by atoms with Gasteiger partial charge in [0.15, 0.2) is 6.61 Å². The number of likely N-dealkylation sites (N-methyl/N-ethyl adjacent to an activating group) is 1. The van der Waals surface area contributed by atoms with Gasteiger partial charge in [-0.3, -0.25) is 4.79 Å². The van der Waals surface area contributed by atoms with Crippen LogP contribution in [0.15, 0.2) is 41.8 Å². The van der Waals surface area contributed by atoms with Crippen molar-refractivity contribution >= 4 is 17.2 Å². The highest BCUT2D eigenvalue weighted by Crippen LogP contribution is 2.13. The summed E-state index contributed by atoms with van der Waals surface area (Å²) in [6, 6.07) is 9.61. The number of carbonyl (C=O) groups is 1. The van der Waals surface area contributed by atoms with Crippen LogP contribution in [0, 0.1) is 5.82 Å². The molecule has 2 rings (SSSR count). The summed E-state index contributed by atoms with van der Waals surface area (Å²) in [5.74, 6) is 0.0914. The van der Waals surface area contributed by atoms with Gasteiger partial charge >= 0.3 is 0 Å². The molecule has 0 bridgehead atoms. The van der Waals surface area contributed by atoms with E-state index in [4.69, 9.17) is 4.74 Å². The third kappa shape index (κ3) is 4.06. The Morgan fingerprint density at radius 2 is 2.05 bits per heavy atom. The van der Waals surface area contributed by atoms with Gasteiger partial charge in [0.2, 0.25) is 0 Å². The zero-order valence-electron chi connectivity index (χ0n) is 11.2. The van der Waals surface area contributed by atoms with E-state index in [0.29, 0.717) is 18.8 Å². The molecule has 1 amide bonds. The van der Waals surface area contributed by atoms with Crippen LogP contribution in [-0.2, 0) is 11.3 Å². The molecule has 0 saturated heterocycles. The maximum Gasteiger partial charge on any atom is 0.260 e. The van der Waals surface area contributed by atoms with Crippen molar-refractivity contribution in [2.45, 2.75) is 13.5 Å². The number of nitrogens with zero attached hydrogens (tertiary/aromatic N) is 1. The molecule has 106 valence electrons. The maximum absolute atomic E-state index is 12.8. The molecule has 0 aliphatic heterocycles. The van der Waals surface area contributed by atoms with Crippen molar-refractivity contribution in [1.29, 1.82) is 0 Å². The second kappa shape index (κ2) is 7.05. The molecule has 2 aromatic rings. The predicted molar refractivity (Wildman–Crippen MR) is 77.3 cm³/mol. The average molecular weight is 293 g/mol. The van der Waals surface area contributed by atoms with Crippen LogP contribution in [-0.4, -0.2) is 24.0 Å². The van der Waals surface area contributed by atoms with Gasteiger partial charge in [-0.2, -0.15) is 0 Å². The molecule has 0 aliphatic carbocycles. The van der Waals surface area contributed by atoms with Crippen molar-refractivity contribution in [3.8, 4) is 5.75 Å². The van der Waals surface area contributed by atoms with Crippen molar-refractivity contribution in [3.05, 3.63) is 52.5 Å². The van der Waals surface area contributed by atoms with Crippen LogP contribution in [0.1, 0.15) is 11.8 Å². The minimum atomic E-state index is -0.323. The van der Waals surface area contributed by atoms with Crippen LogP contribution in [0.5, 0.6) is 5.75 Å². The van der Waals surface area contributed by atoms with Gasteiger partial charge in [-0.25, -0.2) is 4.39 Å². The lowest BCUT2D eigenvalue weighted by Gasteiger charge is -2.20. The number of hydrogen-bond acceptors (Lipinski definition) is 3. The van der Waals surface area contributed by atoms with Crippen LogP contribution in [0.2, 0.25) is 0 Å². The number of halogens is 1. The Labute approximate surface area is 121 Å². The number of thiophene rings is 1. The number of benzene rings is 1. The average Bonchev–Trinajstić information content (AvgIpc) is 2.97. The summed E-state index contributed by atoms with van der Waals surface area (Å²) in [5.41, 5.74) is 0. The van der Waals surface area contributed by atoms with E-state index in [1.165, 1.54) is 24.3 Å². The molecule has 1 heterocycles. The summed E-state index contributed by atoms with van der Waals surface area (Å²) in [4.78, 5) is 14.9. The molecule has 20 heavy (non-hydrogen) atoms. The first-order valence-corrected chi connectivity index (χ1v) is 7.25. The lowest BCUT2D eigenvalue weighted by atomic mass is 10.3. The van der Waals surface area contributed by atoms with Gasteiger partial charge in [0.05, 0.1) is 6.54 Å². The SMILES string of the molecule is CCN(Cc1cccs1)C(=O)COc1ccc(F)cc1. The second-order valence-electron chi connectivity index (χ2n) is 4.23. The lowest BCUT2D eigenvalue weighted by Crippen LogP contribution is -2.34. The third-order valence-corrected chi connectivity index (χ3v) is 3.70. The Bertz CT molecular complexity index is 540. The standard InChI is InChI=1S/C15H16FNO2S/c1-2-17(10-14-4-3-9-20-14)15(18)11-19-13-7-5-12(16)6-8-13/h3-9H,2,10-11H2,1H3. The fraction of sp³-hybridized carbons (Fsp3) is 0.267. The molecule has 0 N–H and O–H groups in total. The summed E-state index contributed by atoms with van der Waals surface area (Å²) < 4.78 is 18.1. The molecule has 0 atom stereocenters. The molecule has 5 heteroatoms. The number of hydrogen-bond donors (Lipinski definition) is 0. The van der Waals surface area contributed by atoms with Crippen molar-refractivity contribution in [2.75, 3.05) is 13.2 Å². The zero-order valence-corrected chi connectivity index (χ0v) is 12.0. The predicted octanol–water partition coefficient (Wildman–Crippen LogP) is 3.31. The highest BCUT2D eigenvalue weighted by molar-refractivity contribution is 7.09. The van der Waals surface area contributed by atoms with Crippen molar-refractivity contribution in [1.82, 2.24) is 4.90 Å². The van der Waals surface area contributed by atoms with E-state index < -0.39 is 0 Å². The van der Waals surface area contributed by atoms with Gasteiger partial charge in [0.1, 0.15) is 11.6 Å². The molecule has 0 aliphatic rings. The van der Waals surface area contributed by atoms with Crippen molar-refractivity contribution < 1.29 is 13.9 Å². The fourth-order valence-electron chi connectivity index (χ4n) is 1.73. The monoisotopic (exact) mass is 293 g/mol. The lowest BCUT2D eigenvalue weighted by molar-refractivity contribution is -0.133. The van der Waals surface area contributed by atoms with E-state index in [-0.39, 0.29) is 18.3 Å². The highest BCUT2D eigenvalue weighted by atomic mass is 32.1. The van der Waals surface area contributed by atoms with Crippen LogP contribution in [0.3, 0.4) is 0 Å². The summed E-state index contributed by atoms with van der Waals surface area (Å²) in [6.45, 7) is 3.12. The minimum absolute atomic E-state index is 0.0369. The van der Waals surface area contributed by atoms with Crippen LogP contribution < -0.4 is 4.74 Å². The van der Waals surface area contributed by atoms with Gasteiger partial charge in [-0.05, 0) is 42.6 Å². The summed E-state index contributed by atoms with van der Waals surface area (Å²) >= 11 is 1.62. The van der Waals surface area contributed by atoms with Crippen molar-refractivity contribution in [3.63, 3.8) is 0 Å². The van der Waals surface area contributed by atoms with E-state index in [2.05, 4.69) is 0 Å². The summed E-state index contributed by atoms with van der Waals surface area (Å²) in [6.07, 6.45) is 0.